The lowest BCUT2D eigenvalue weighted by Crippen LogP contribution is -2.41. The van der Waals surface area contributed by atoms with Crippen molar-refractivity contribution in [1.29, 1.82) is 0 Å². The Labute approximate surface area is 75.1 Å². The molecular formula is C10H20N2. The number of rotatable bonds is 3. The first-order valence-corrected chi connectivity index (χ1v) is 5.19. The van der Waals surface area contributed by atoms with Gasteiger partial charge in [-0.3, -0.25) is 0 Å². The molecule has 0 spiro atoms. The van der Waals surface area contributed by atoms with Crippen LogP contribution in [0.25, 0.3) is 0 Å². The molecule has 2 rings (SSSR count). The quantitative estimate of drug-likeness (QED) is 0.689. The second-order valence-electron chi connectivity index (χ2n) is 4.72. The van der Waals surface area contributed by atoms with Crippen molar-refractivity contribution in [3.05, 3.63) is 0 Å². The van der Waals surface area contributed by atoms with Crippen LogP contribution in [-0.4, -0.2) is 30.1 Å². The van der Waals surface area contributed by atoms with E-state index in [9.17, 15) is 0 Å². The zero-order chi connectivity index (χ0) is 8.60. The second-order valence-corrected chi connectivity index (χ2v) is 4.72. The zero-order valence-corrected chi connectivity index (χ0v) is 8.05. The Hall–Kier alpha value is -0.0800. The van der Waals surface area contributed by atoms with Crippen LogP contribution in [0.5, 0.6) is 0 Å². The Morgan fingerprint density at radius 1 is 1.33 bits per heavy atom. The molecule has 70 valence electrons. The van der Waals surface area contributed by atoms with Gasteiger partial charge in [-0.05, 0) is 32.7 Å². The maximum atomic E-state index is 6.07. The summed E-state index contributed by atoms with van der Waals surface area (Å²) in [6.45, 7) is 1.12. The summed E-state index contributed by atoms with van der Waals surface area (Å²) >= 11 is 0. The third kappa shape index (κ3) is 1.80. The first-order valence-electron chi connectivity index (χ1n) is 5.19. The van der Waals surface area contributed by atoms with E-state index >= 15 is 0 Å². The monoisotopic (exact) mass is 168 g/mol. The fourth-order valence-electron chi connectivity index (χ4n) is 2.29. The lowest BCUT2D eigenvalue weighted by molar-refractivity contribution is 0.225. The summed E-state index contributed by atoms with van der Waals surface area (Å²) in [5.74, 6) is 0. The molecule has 2 aliphatic rings. The molecule has 0 radical (unpaired) electrons. The smallest absolute Gasteiger partial charge is 0.0284 e. The molecular weight excluding hydrogens is 148 g/mol. The van der Waals surface area contributed by atoms with Crippen molar-refractivity contribution in [1.82, 2.24) is 4.90 Å². The average molecular weight is 168 g/mol. The number of nitrogens with two attached hydrogens (primary N) is 1. The van der Waals surface area contributed by atoms with Crippen LogP contribution in [0.1, 0.15) is 38.5 Å². The van der Waals surface area contributed by atoms with Crippen molar-refractivity contribution in [2.24, 2.45) is 5.73 Å². The summed E-state index contributed by atoms with van der Waals surface area (Å²) in [5, 5.41) is 0. The molecule has 0 bridgehead atoms. The van der Waals surface area contributed by atoms with Crippen LogP contribution in [0.4, 0.5) is 0 Å². The van der Waals surface area contributed by atoms with Crippen LogP contribution in [-0.2, 0) is 0 Å². The first kappa shape index (κ1) is 8.52. The molecule has 0 atom stereocenters. The predicted octanol–water partition coefficient (Wildman–Crippen LogP) is 1.35. The molecule has 0 aliphatic heterocycles. The van der Waals surface area contributed by atoms with Crippen LogP contribution in [0, 0.1) is 0 Å². The first-order chi connectivity index (χ1) is 5.70. The van der Waals surface area contributed by atoms with Crippen molar-refractivity contribution in [2.45, 2.75) is 50.1 Å². The van der Waals surface area contributed by atoms with Gasteiger partial charge in [0.1, 0.15) is 0 Å². The van der Waals surface area contributed by atoms with E-state index < -0.39 is 0 Å². The summed E-state index contributed by atoms with van der Waals surface area (Å²) in [6, 6.07) is 0.839. The van der Waals surface area contributed by atoms with Gasteiger partial charge >= 0.3 is 0 Å². The highest BCUT2D eigenvalue weighted by Crippen LogP contribution is 2.34. The zero-order valence-electron chi connectivity index (χ0n) is 8.05. The van der Waals surface area contributed by atoms with E-state index in [-0.39, 0.29) is 5.54 Å². The molecule has 0 aromatic rings. The summed E-state index contributed by atoms with van der Waals surface area (Å²) in [7, 11) is 2.24. The summed E-state index contributed by atoms with van der Waals surface area (Å²) < 4.78 is 0. The molecule has 2 fully saturated rings. The van der Waals surface area contributed by atoms with Gasteiger partial charge in [0.25, 0.3) is 0 Å². The van der Waals surface area contributed by atoms with Crippen LogP contribution in [0.15, 0.2) is 0 Å². The van der Waals surface area contributed by atoms with E-state index in [1.54, 1.807) is 0 Å². The van der Waals surface area contributed by atoms with Gasteiger partial charge in [-0.2, -0.15) is 0 Å². The maximum Gasteiger partial charge on any atom is 0.0284 e. The van der Waals surface area contributed by atoms with E-state index in [0.29, 0.717) is 0 Å². The van der Waals surface area contributed by atoms with Crippen molar-refractivity contribution < 1.29 is 0 Å². The van der Waals surface area contributed by atoms with E-state index in [2.05, 4.69) is 11.9 Å². The normalized spacial score (nSPS) is 28.2. The van der Waals surface area contributed by atoms with E-state index in [1.807, 2.05) is 0 Å². The van der Waals surface area contributed by atoms with E-state index in [4.69, 9.17) is 5.73 Å². The summed E-state index contributed by atoms with van der Waals surface area (Å²) in [5.41, 5.74) is 6.28. The Morgan fingerprint density at radius 2 is 1.92 bits per heavy atom. The number of hydrogen-bond acceptors (Lipinski definition) is 2. The second kappa shape index (κ2) is 3.00. The highest BCUT2D eigenvalue weighted by molar-refractivity contribution is 5.01. The number of nitrogens with zero attached hydrogens (tertiary/aromatic N) is 1. The topological polar surface area (TPSA) is 29.3 Å². The van der Waals surface area contributed by atoms with Gasteiger partial charge in [-0.15, -0.1) is 0 Å². The number of likely N-dealkylation sites (N-methyl/N-ethyl adjacent to an activating group) is 1. The summed E-state index contributed by atoms with van der Waals surface area (Å²) in [6.07, 6.45) is 8.12. The van der Waals surface area contributed by atoms with E-state index in [0.717, 1.165) is 12.6 Å². The molecule has 12 heavy (non-hydrogen) atoms. The van der Waals surface area contributed by atoms with Crippen molar-refractivity contribution in [3.8, 4) is 0 Å². The minimum Gasteiger partial charge on any atom is -0.324 e. The predicted molar refractivity (Wildman–Crippen MR) is 51.0 cm³/mol. The van der Waals surface area contributed by atoms with Gasteiger partial charge in [0.05, 0.1) is 0 Å². The van der Waals surface area contributed by atoms with Gasteiger partial charge in [-0.25, -0.2) is 0 Å². The van der Waals surface area contributed by atoms with Crippen molar-refractivity contribution in [3.63, 3.8) is 0 Å². The molecule has 0 aromatic heterocycles. The van der Waals surface area contributed by atoms with Gasteiger partial charge < -0.3 is 10.6 Å². The van der Waals surface area contributed by atoms with Crippen LogP contribution in [0.2, 0.25) is 0 Å². The van der Waals surface area contributed by atoms with Gasteiger partial charge in [0.2, 0.25) is 0 Å². The van der Waals surface area contributed by atoms with Crippen LogP contribution >= 0.6 is 0 Å². The lowest BCUT2D eigenvalue weighted by Gasteiger charge is -2.26. The minimum atomic E-state index is 0.206. The Balaban J connectivity index is 1.79. The summed E-state index contributed by atoms with van der Waals surface area (Å²) in [4.78, 5) is 2.49. The minimum absolute atomic E-state index is 0.206. The maximum absolute atomic E-state index is 6.07. The highest BCUT2D eigenvalue weighted by Gasteiger charge is 2.40. The third-order valence-electron chi connectivity index (χ3n) is 3.40. The van der Waals surface area contributed by atoms with Crippen LogP contribution in [0.3, 0.4) is 0 Å². The molecule has 2 saturated carbocycles. The number of hydrogen-bond donors (Lipinski definition) is 1. The van der Waals surface area contributed by atoms with Crippen LogP contribution < -0.4 is 5.73 Å². The van der Waals surface area contributed by atoms with Gasteiger partial charge in [0.15, 0.2) is 0 Å². The Bertz CT molecular complexity index is 157. The highest BCUT2D eigenvalue weighted by atomic mass is 15.2. The largest absolute Gasteiger partial charge is 0.324 e. The fraction of sp³-hybridized carbons (Fsp3) is 1.00. The van der Waals surface area contributed by atoms with Gasteiger partial charge in [-0.1, -0.05) is 12.8 Å². The SMILES string of the molecule is CN(CC1(N)CC1)C1CCCC1. The fourth-order valence-corrected chi connectivity index (χ4v) is 2.29. The average Bonchev–Trinajstić information content (AvgIpc) is 2.55. The van der Waals surface area contributed by atoms with Crippen molar-refractivity contribution in [2.75, 3.05) is 13.6 Å². The van der Waals surface area contributed by atoms with Gasteiger partial charge in [0, 0.05) is 18.1 Å². The molecule has 2 aliphatic carbocycles. The third-order valence-corrected chi connectivity index (χ3v) is 3.40. The molecule has 2 nitrogen and oxygen atoms in total. The van der Waals surface area contributed by atoms with E-state index in [1.165, 1.54) is 38.5 Å². The molecule has 2 heteroatoms. The molecule has 0 heterocycles. The Morgan fingerprint density at radius 3 is 2.42 bits per heavy atom. The van der Waals surface area contributed by atoms with Crippen molar-refractivity contribution >= 4 is 0 Å². The standard InChI is InChI=1S/C10H20N2/c1-12(8-10(11)6-7-10)9-4-2-3-5-9/h9H,2-8,11H2,1H3. The molecule has 0 amide bonds. The lowest BCUT2D eigenvalue weighted by atomic mass is 10.2. The Kier molecular flexibility index (Phi) is 2.13. The molecule has 2 N–H and O–H groups in total. The molecule has 0 saturated heterocycles. The molecule has 0 aromatic carbocycles. The molecule has 0 unspecified atom stereocenters.